The van der Waals surface area contributed by atoms with E-state index in [1.54, 1.807) is 7.11 Å². The molecule has 0 amide bonds. The fourth-order valence-corrected chi connectivity index (χ4v) is 4.38. The van der Waals surface area contributed by atoms with Crippen LogP contribution in [-0.4, -0.2) is 52.4 Å². The number of piperazine rings is 1. The lowest BCUT2D eigenvalue weighted by atomic mass is 10.2. The molecule has 0 saturated carbocycles. The van der Waals surface area contributed by atoms with Gasteiger partial charge in [-0.1, -0.05) is 6.07 Å². The molecule has 0 radical (unpaired) electrons. The number of hydrogen-bond acceptors (Lipinski definition) is 5. The molecule has 0 aromatic heterocycles. The summed E-state index contributed by atoms with van der Waals surface area (Å²) in [5.74, 6) is 0.253. The standard InChI is InChI=1S/C18H19F3N2O4S/c1-26-16-4-2-3-14(13-16)22-9-11-23(12-10-22)28(24,25)17-7-5-15(6-8-17)27-18(19,20)21/h2-8,13H,9-12H2,1H3. The number of alkyl halides is 3. The van der Waals surface area contributed by atoms with Crippen LogP contribution in [0.4, 0.5) is 18.9 Å². The maximum atomic E-state index is 12.8. The number of sulfonamides is 1. The van der Waals surface area contributed by atoms with Crippen LogP contribution in [0.25, 0.3) is 0 Å². The molecule has 10 heteroatoms. The van der Waals surface area contributed by atoms with Gasteiger partial charge in [-0.25, -0.2) is 8.42 Å². The van der Waals surface area contributed by atoms with Crippen LogP contribution in [0.2, 0.25) is 0 Å². The van der Waals surface area contributed by atoms with E-state index in [9.17, 15) is 21.6 Å². The van der Waals surface area contributed by atoms with Crippen LogP contribution in [0.3, 0.4) is 0 Å². The topological polar surface area (TPSA) is 59.1 Å². The number of rotatable bonds is 5. The average Bonchev–Trinajstić information content (AvgIpc) is 2.67. The summed E-state index contributed by atoms with van der Waals surface area (Å²) in [7, 11) is -2.22. The molecule has 0 bridgehead atoms. The van der Waals surface area contributed by atoms with E-state index in [1.807, 2.05) is 24.3 Å². The van der Waals surface area contributed by atoms with E-state index < -0.39 is 22.1 Å². The lowest BCUT2D eigenvalue weighted by Gasteiger charge is -2.35. The molecule has 1 aliphatic rings. The van der Waals surface area contributed by atoms with E-state index in [2.05, 4.69) is 9.64 Å². The minimum atomic E-state index is -4.82. The van der Waals surface area contributed by atoms with Gasteiger partial charge in [-0.15, -0.1) is 13.2 Å². The maximum absolute atomic E-state index is 12.8. The van der Waals surface area contributed by atoms with E-state index in [0.29, 0.717) is 18.8 Å². The van der Waals surface area contributed by atoms with Crippen molar-refractivity contribution in [3.8, 4) is 11.5 Å². The molecule has 0 N–H and O–H groups in total. The Hall–Kier alpha value is -2.46. The number of hydrogen-bond donors (Lipinski definition) is 0. The Morgan fingerprint density at radius 2 is 1.57 bits per heavy atom. The summed E-state index contributed by atoms with van der Waals surface area (Å²) < 4.78 is 72.5. The summed E-state index contributed by atoms with van der Waals surface area (Å²) in [6.07, 6.45) is -4.82. The third-order valence-electron chi connectivity index (χ3n) is 4.35. The lowest BCUT2D eigenvalue weighted by molar-refractivity contribution is -0.274. The second-order valence-electron chi connectivity index (χ2n) is 6.11. The van der Waals surface area contributed by atoms with Gasteiger partial charge in [0.05, 0.1) is 12.0 Å². The Morgan fingerprint density at radius 1 is 0.929 bits per heavy atom. The zero-order chi connectivity index (χ0) is 20.4. The van der Waals surface area contributed by atoms with Crippen molar-refractivity contribution in [3.63, 3.8) is 0 Å². The molecule has 0 unspecified atom stereocenters. The fourth-order valence-electron chi connectivity index (χ4n) is 2.96. The van der Waals surface area contributed by atoms with E-state index >= 15 is 0 Å². The quantitative estimate of drug-likeness (QED) is 0.750. The molecule has 0 spiro atoms. The Kier molecular flexibility index (Phi) is 5.71. The van der Waals surface area contributed by atoms with Crippen LogP contribution in [-0.2, 0) is 10.0 Å². The molecule has 3 rings (SSSR count). The van der Waals surface area contributed by atoms with Gasteiger partial charge < -0.3 is 14.4 Å². The molecule has 1 aliphatic heterocycles. The van der Waals surface area contributed by atoms with Crippen LogP contribution < -0.4 is 14.4 Å². The first-order valence-corrected chi connectivity index (χ1v) is 9.88. The number of nitrogens with zero attached hydrogens (tertiary/aromatic N) is 2. The highest BCUT2D eigenvalue weighted by Gasteiger charge is 2.32. The van der Waals surface area contributed by atoms with Crippen molar-refractivity contribution in [2.45, 2.75) is 11.3 Å². The van der Waals surface area contributed by atoms with Crippen LogP contribution in [0.1, 0.15) is 0 Å². The molecular weight excluding hydrogens is 397 g/mol. The normalized spacial score (nSPS) is 16.1. The molecule has 28 heavy (non-hydrogen) atoms. The molecule has 1 saturated heterocycles. The summed E-state index contributed by atoms with van der Waals surface area (Å²) in [5, 5.41) is 0. The maximum Gasteiger partial charge on any atom is 0.573 e. The third kappa shape index (κ3) is 4.68. The molecule has 152 valence electrons. The monoisotopic (exact) mass is 416 g/mol. The molecule has 1 fully saturated rings. The van der Waals surface area contributed by atoms with Crippen molar-refractivity contribution in [2.24, 2.45) is 0 Å². The van der Waals surface area contributed by atoms with Crippen molar-refractivity contribution >= 4 is 15.7 Å². The Labute approximate surface area is 161 Å². The second kappa shape index (κ2) is 7.88. The SMILES string of the molecule is COc1cccc(N2CCN(S(=O)(=O)c3ccc(OC(F)(F)F)cc3)CC2)c1. The van der Waals surface area contributed by atoms with E-state index in [0.717, 1.165) is 30.0 Å². The average molecular weight is 416 g/mol. The first kappa shape index (κ1) is 20.3. The number of anilines is 1. The van der Waals surface area contributed by atoms with Gasteiger partial charge in [0.15, 0.2) is 0 Å². The molecule has 6 nitrogen and oxygen atoms in total. The number of benzene rings is 2. The van der Waals surface area contributed by atoms with Gasteiger partial charge in [-0.05, 0) is 36.4 Å². The van der Waals surface area contributed by atoms with Gasteiger partial charge in [0.1, 0.15) is 11.5 Å². The number of ether oxygens (including phenoxy) is 2. The molecule has 0 atom stereocenters. The number of methoxy groups -OCH3 is 1. The molecule has 2 aromatic carbocycles. The minimum absolute atomic E-state index is 0.0724. The Morgan fingerprint density at radius 3 is 2.14 bits per heavy atom. The van der Waals surface area contributed by atoms with Crippen LogP contribution in [0.5, 0.6) is 11.5 Å². The molecular formula is C18H19F3N2O4S. The predicted molar refractivity (Wildman–Crippen MR) is 97.1 cm³/mol. The number of halogens is 3. The zero-order valence-electron chi connectivity index (χ0n) is 15.0. The summed E-state index contributed by atoms with van der Waals surface area (Å²) in [6, 6.07) is 11.7. The molecule has 2 aromatic rings. The van der Waals surface area contributed by atoms with Crippen molar-refractivity contribution in [3.05, 3.63) is 48.5 Å². The van der Waals surface area contributed by atoms with E-state index in [-0.39, 0.29) is 18.0 Å². The second-order valence-corrected chi connectivity index (χ2v) is 8.05. The van der Waals surface area contributed by atoms with Crippen molar-refractivity contribution in [1.82, 2.24) is 4.31 Å². The minimum Gasteiger partial charge on any atom is -0.497 e. The van der Waals surface area contributed by atoms with E-state index in [1.165, 1.54) is 4.31 Å². The van der Waals surface area contributed by atoms with Gasteiger partial charge in [-0.3, -0.25) is 0 Å². The highest BCUT2D eigenvalue weighted by Crippen LogP contribution is 2.27. The predicted octanol–water partition coefficient (Wildman–Crippen LogP) is 3.10. The summed E-state index contributed by atoms with van der Waals surface area (Å²) in [6.45, 7) is 1.50. The largest absolute Gasteiger partial charge is 0.573 e. The highest BCUT2D eigenvalue weighted by molar-refractivity contribution is 7.89. The highest BCUT2D eigenvalue weighted by atomic mass is 32.2. The van der Waals surface area contributed by atoms with Gasteiger partial charge in [-0.2, -0.15) is 4.31 Å². The molecule has 1 heterocycles. The van der Waals surface area contributed by atoms with Crippen molar-refractivity contribution in [1.29, 1.82) is 0 Å². The Balaban J connectivity index is 1.67. The Bertz CT molecular complexity index is 909. The van der Waals surface area contributed by atoms with Crippen LogP contribution >= 0.6 is 0 Å². The van der Waals surface area contributed by atoms with E-state index in [4.69, 9.17) is 4.74 Å². The smallest absolute Gasteiger partial charge is 0.497 e. The first-order valence-electron chi connectivity index (χ1n) is 8.44. The van der Waals surface area contributed by atoms with Crippen LogP contribution in [0.15, 0.2) is 53.4 Å². The fraction of sp³-hybridized carbons (Fsp3) is 0.333. The summed E-state index contributed by atoms with van der Waals surface area (Å²) in [5.41, 5.74) is 0.935. The summed E-state index contributed by atoms with van der Waals surface area (Å²) in [4.78, 5) is 1.98. The first-order chi connectivity index (χ1) is 13.2. The van der Waals surface area contributed by atoms with Gasteiger partial charge in [0.25, 0.3) is 0 Å². The lowest BCUT2D eigenvalue weighted by Crippen LogP contribution is -2.48. The van der Waals surface area contributed by atoms with Gasteiger partial charge in [0.2, 0.25) is 10.0 Å². The summed E-state index contributed by atoms with van der Waals surface area (Å²) >= 11 is 0. The van der Waals surface area contributed by atoms with Gasteiger partial charge >= 0.3 is 6.36 Å². The zero-order valence-corrected chi connectivity index (χ0v) is 15.8. The van der Waals surface area contributed by atoms with Crippen molar-refractivity contribution in [2.75, 3.05) is 38.2 Å². The third-order valence-corrected chi connectivity index (χ3v) is 6.27. The van der Waals surface area contributed by atoms with Crippen molar-refractivity contribution < 1.29 is 31.1 Å². The van der Waals surface area contributed by atoms with Crippen LogP contribution in [0, 0.1) is 0 Å². The van der Waals surface area contributed by atoms with Gasteiger partial charge in [0, 0.05) is 37.9 Å². The molecule has 0 aliphatic carbocycles.